The van der Waals surface area contributed by atoms with E-state index < -0.39 is 0 Å². The normalized spacial score (nSPS) is 29.5. The van der Waals surface area contributed by atoms with Crippen LogP contribution in [0.3, 0.4) is 0 Å². The molecule has 3 unspecified atom stereocenters. The second-order valence-electron chi connectivity index (χ2n) is 6.99. The molecule has 2 N–H and O–H groups in total. The van der Waals surface area contributed by atoms with E-state index >= 15 is 0 Å². The topological polar surface area (TPSA) is 44.4 Å². The minimum Gasteiger partial charge on any atom is -0.352 e. The summed E-state index contributed by atoms with van der Waals surface area (Å²) in [6, 6.07) is 1.06. The molecule has 1 saturated carbocycles. The molecular weight excluding hydrogens is 262 g/mol. The highest BCUT2D eigenvalue weighted by atomic mass is 16.2. The maximum absolute atomic E-state index is 12.4. The van der Waals surface area contributed by atoms with Gasteiger partial charge in [-0.2, -0.15) is 0 Å². The number of likely N-dealkylation sites (tertiary alicyclic amines) is 1. The Kier molecular flexibility index (Phi) is 6.49. The molecule has 2 aliphatic rings. The molecule has 2 fully saturated rings. The Balaban J connectivity index is 1.77. The van der Waals surface area contributed by atoms with Gasteiger partial charge in [0.25, 0.3) is 0 Å². The third-order valence-corrected chi connectivity index (χ3v) is 5.22. The smallest absolute Gasteiger partial charge is 0.237 e. The van der Waals surface area contributed by atoms with Crippen molar-refractivity contribution in [2.24, 2.45) is 5.92 Å². The average molecular weight is 295 g/mol. The van der Waals surface area contributed by atoms with Crippen molar-refractivity contribution in [2.45, 2.75) is 77.4 Å². The predicted molar refractivity (Wildman–Crippen MR) is 87.3 cm³/mol. The summed E-state index contributed by atoms with van der Waals surface area (Å²) in [6.07, 6.45) is 7.21. The average Bonchev–Trinajstić information content (AvgIpc) is 2.98. The highest BCUT2D eigenvalue weighted by Crippen LogP contribution is 2.21. The molecule has 4 heteroatoms. The van der Waals surface area contributed by atoms with Gasteiger partial charge in [0.15, 0.2) is 0 Å². The van der Waals surface area contributed by atoms with Crippen molar-refractivity contribution in [2.75, 3.05) is 19.6 Å². The van der Waals surface area contributed by atoms with Crippen LogP contribution in [0.5, 0.6) is 0 Å². The van der Waals surface area contributed by atoms with Crippen molar-refractivity contribution < 1.29 is 4.79 Å². The van der Waals surface area contributed by atoms with Crippen molar-refractivity contribution in [1.82, 2.24) is 15.5 Å². The molecule has 21 heavy (non-hydrogen) atoms. The fraction of sp³-hybridized carbons (Fsp3) is 0.941. The van der Waals surface area contributed by atoms with Crippen molar-refractivity contribution >= 4 is 5.91 Å². The fourth-order valence-corrected chi connectivity index (χ4v) is 3.72. The molecule has 0 radical (unpaired) electrons. The second-order valence-corrected chi connectivity index (χ2v) is 6.99. The number of nitrogens with one attached hydrogen (secondary N) is 2. The number of carbonyl (C=O) groups excluding carboxylic acids is 1. The summed E-state index contributed by atoms with van der Waals surface area (Å²) >= 11 is 0. The molecule has 1 aliphatic carbocycles. The third-order valence-electron chi connectivity index (χ3n) is 5.22. The molecule has 1 heterocycles. The molecular formula is C17H33N3O. The van der Waals surface area contributed by atoms with Gasteiger partial charge in [-0.25, -0.2) is 0 Å². The molecule has 3 atom stereocenters. The monoisotopic (exact) mass is 295 g/mol. The van der Waals surface area contributed by atoms with Crippen molar-refractivity contribution in [3.8, 4) is 0 Å². The van der Waals surface area contributed by atoms with Gasteiger partial charge in [-0.3, -0.25) is 9.69 Å². The number of piperidine rings is 1. The number of carbonyl (C=O) groups is 1. The van der Waals surface area contributed by atoms with Gasteiger partial charge in [-0.05, 0) is 45.1 Å². The van der Waals surface area contributed by atoms with Crippen LogP contribution in [0.2, 0.25) is 0 Å². The van der Waals surface area contributed by atoms with Crippen LogP contribution in [0.4, 0.5) is 0 Å². The Morgan fingerprint density at radius 1 is 1.29 bits per heavy atom. The van der Waals surface area contributed by atoms with E-state index in [1.807, 2.05) is 0 Å². The summed E-state index contributed by atoms with van der Waals surface area (Å²) in [5, 5.41) is 6.88. The van der Waals surface area contributed by atoms with E-state index in [1.54, 1.807) is 0 Å². The van der Waals surface area contributed by atoms with Crippen LogP contribution < -0.4 is 10.6 Å². The Morgan fingerprint density at radius 3 is 2.62 bits per heavy atom. The molecule has 2 rings (SSSR count). The first-order chi connectivity index (χ1) is 10.1. The largest absolute Gasteiger partial charge is 0.352 e. The van der Waals surface area contributed by atoms with Gasteiger partial charge in [0.05, 0.1) is 6.04 Å². The first-order valence-electron chi connectivity index (χ1n) is 8.89. The van der Waals surface area contributed by atoms with Crippen molar-refractivity contribution in [3.63, 3.8) is 0 Å². The molecule has 1 aliphatic heterocycles. The van der Waals surface area contributed by atoms with Crippen LogP contribution in [0.1, 0.15) is 59.3 Å². The molecule has 0 spiro atoms. The molecule has 0 aromatic rings. The van der Waals surface area contributed by atoms with E-state index in [1.165, 1.54) is 19.3 Å². The molecule has 0 bridgehead atoms. The lowest BCUT2D eigenvalue weighted by atomic mass is 9.92. The SMILES string of the molecule is CCCNC1CCN(C(C)C(=O)NC2CCCC2)CC1C. The number of amides is 1. The van der Waals surface area contributed by atoms with Crippen LogP contribution in [-0.2, 0) is 4.79 Å². The predicted octanol–water partition coefficient (Wildman–Crippen LogP) is 2.14. The Bertz CT molecular complexity index is 328. The molecule has 1 saturated heterocycles. The van der Waals surface area contributed by atoms with Gasteiger partial charge in [0.1, 0.15) is 0 Å². The van der Waals surface area contributed by atoms with Crippen molar-refractivity contribution in [1.29, 1.82) is 0 Å². The summed E-state index contributed by atoms with van der Waals surface area (Å²) in [5.41, 5.74) is 0. The van der Waals surface area contributed by atoms with E-state index in [0.717, 1.165) is 38.9 Å². The van der Waals surface area contributed by atoms with E-state index in [-0.39, 0.29) is 11.9 Å². The maximum Gasteiger partial charge on any atom is 0.237 e. The number of hydrogen-bond acceptors (Lipinski definition) is 3. The van der Waals surface area contributed by atoms with E-state index in [4.69, 9.17) is 0 Å². The summed E-state index contributed by atoms with van der Waals surface area (Å²) < 4.78 is 0. The lowest BCUT2D eigenvalue weighted by Crippen LogP contribution is -2.55. The zero-order valence-corrected chi connectivity index (χ0v) is 14.0. The van der Waals surface area contributed by atoms with Crippen LogP contribution in [-0.4, -0.2) is 48.6 Å². The zero-order valence-electron chi connectivity index (χ0n) is 14.0. The quantitative estimate of drug-likeness (QED) is 0.789. The summed E-state index contributed by atoms with van der Waals surface area (Å²) in [4.78, 5) is 14.8. The highest BCUT2D eigenvalue weighted by molar-refractivity contribution is 5.81. The Hall–Kier alpha value is -0.610. The lowest BCUT2D eigenvalue weighted by Gasteiger charge is -2.40. The van der Waals surface area contributed by atoms with Gasteiger partial charge >= 0.3 is 0 Å². The minimum atomic E-state index is 0.0141. The van der Waals surface area contributed by atoms with E-state index in [0.29, 0.717) is 18.0 Å². The molecule has 1 amide bonds. The molecule has 122 valence electrons. The number of nitrogens with zero attached hydrogens (tertiary/aromatic N) is 1. The standard InChI is InChI=1S/C17H33N3O/c1-4-10-18-16-9-11-20(12-13(16)2)14(3)17(21)19-15-7-5-6-8-15/h13-16,18H,4-12H2,1-3H3,(H,19,21). The Morgan fingerprint density at radius 2 is 2.00 bits per heavy atom. The maximum atomic E-state index is 12.4. The number of hydrogen-bond donors (Lipinski definition) is 2. The molecule has 0 aromatic carbocycles. The van der Waals surface area contributed by atoms with Gasteiger partial charge in [-0.15, -0.1) is 0 Å². The van der Waals surface area contributed by atoms with Crippen LogP contribution in [0, 0.1) is 5.92 Å². The first kappa shape index (κ1) is 16.8. The van der Waals surface area contributed by atoms with Gasteiger partial charge in [0.2, 0.25) is 5.91 Å². The van der Waals surface area contributed by atoms with E-state index in [9.17, 15) is 4.79 Å². The van der Waals surface area contributed by atoms with Gasteiger partial charge in [0, 0.05) is 25.2 Å². The Labute approximate surface area is 130 Å². The zero-order chi connectivity index (χ0) is 15.2. The van der Waals surface area contributed by atoms with E-state index in [2.05, 4.69) is 36.3 Å². The second kappa shape index (κ2) is 8.14. The third kappa shape index (κ3) is 4.68. The van der Waals surface area contributed by atoms with Crippen LogP contribution in [0.25, 0.3) is 0 Å². The molecule has 4 nitrogen and oxygen atoms in total. The summed E-state index contributed by atoms with van der Waals surface area (Å²) in [6.45, 7) is 9.75. The van der Waals surface area contributed by atoms with Gasteiger partial charge < -0.3 is 10.6 Å². The lowest BCUT2D eigenvalue weighted by molar-refractivity contribution is -0.127. The summed E-state index contributed by atoms with van der Waals surface area (Å²) in [5.74, 6) is 0.848. The van der Waals surface area contributed by atoms with Crippen LogP contribution in [0.15, 0.2) is 0 Å². The first-order valence-corrected chi connectivity index (χ1v) is 8.89. The van der Waals surface area contributed by atoms with Crippen molar-refractivity contribution in [3.05, 3.63) is 0 Å². The molecule has 0 aromatic heterocycles. The number of rotatable bonds is 6. The fourth-order valence-electron chi connectivity index (χ4n) is 3.72. The van der Waals surface area contributed by atoms with Gasteiger partial charge in [-0.1, -0.05) is 26.7 Å². The van der Waals surface area contributed by atoms with Crippen LogP contribution >= 0.6 is 0 Å². The highest BCUT2D eigenvalue weighted by Gasteiger charge is 2.31. The minimum absolute atomic E-state index is 0.0141. The summed E-state index contributed by atoms with van der Waals surface area (Å²) in [7, 11) is 0.